The molecule has 0 aliphatic rings. The lowest BCUT2D eigenvalue weighted by Crippen LogP contribution is -2.42. The number of urea groups is 1. The van der Waals surface area contributed by atoms with Gasteiger partial charge in [0.25, 0.3) is 0 Å². The lowest BCUT2D eigenvalue weighted by Gasteiger charge is -2.14. The van der Waals surface area contributed by atoms with Gasteiger partial charge in [-0.1, -0.05) is 0 Å². The third-order valence-corrected chi connectivity index (χ3v) is 3.32. The molecule has 9 heteroatoms. The van der Waals surface area contributed by atoms with Crippen LogP contribution < -0.4 is 10.6 Å². The number of likely N-dealkylation sites (N-methyl/N-ethyl adjacent to an activating group) is 1. The van der Waals surface area contributed by atoms with Crippen molar-refractivity contribution in [2.24, 2.45) is 0 Å². The van der Waals surface area contributed by atoms with Gasteiger partial charge in [0.1, 0.15) is 5.01 Å². The number of carbonyl (C=O) groups is 3. The molecule has 0 aliphatic heterocycles. The standard InChI is InChI=1S/C11H16N4O4S/c1-3-15(2)9(16)5-13-11(19)12-4-8-14-7(6-20-8)10(17)18/h6H,3-5H2,1-2H3,(H,17,18)(H2,12,13,19). The second-order valence-electron chi connectivity index (χ2n) is 3.88. The maximum Gasteiger partial charge on any atom is 0.355 e. The summed E-state index contributed by atoms with van der Waals surface area (Å²) in [6, 6.07) is -0.505. The summed E-state index contributed by atoms with van der Waals surface area (Å²) in [6.07, 6.45) is 0. The average molecular weight is 300 g/mol. The van der Waals surface area contributed by atoms with Gasteiger partial charge in [0.05, 0.1) is 13.1 Å². The van der Waals surface area contributed by atoms with Crippen molar-refractivity contribution in [2.45, 2.75) is 13.5 Å². The maximum absolute atomic E-state index is 11.4. The highest BCUT2D eigenvalue weighted by atomic mass is 32.1. The number of amides is 3. The Hall–Kier alpha value is -2.16. The second-order valence-corrected chi connectivity index (χ2v) is 4.82. The van der Waals surface area contributed by atoms with Crippen LogP contribution in [-0.4, -0.2) is 53.0 Å². The Bertz CT molecular complexity index is 502. The van der Waals surface area contributed by atoms with Gasteiger partial charge in [0, 0.05) is 19.0 Å². The second kappa shape index (κ2) is 7.43. The number of carboxylic acid groups (broad SMARTS) is 1. The van der Waals surface area contributed by atoms with Gasteiger partial charge in [-0.25, -0.2) is 14.6 Å². The molecule has 1 heterocycles. The third-order valence-electron chi connectivity index (χ3n) is 2.47. The maximum atomic E-state index is 11.4. The number of nitrogens with one attached hydrogen (secondary N) is 2. The van der Waals surface area contributed by atoms with Crippen LogP contribution in [0.25, 0.3) is 0 Å². The van der Waals surface area contributed by atoms with Crippen molar-refractivity contribution >= 4 is 29.2 Å². The number of nitrogens with zero attached hydrogens (tertiary/aromatic N) is 2. The van der Waals surface area contributed by atoms with Crippen molar-refractivity contribution in [3.05, 3.63) is 16.1 Å². The zero-order chi connectivity index (χ0) is 15.1. The number of hydrogen-bond donors (Lipinski definition) is 3. The van der Waals surface area contributed by atoms with Crippen molar-refractivity contribution in [3.8, 4) is 0 Å². The van der Waals surface area contributed by atoms with E-state index < -0.39 is 12.0 Å². The Morgan fingerprint density at radius 3 is 2.65 bits per heavy atom. The van der Waals surface area contributed by atoms with Crippen LogP contribution in [0.2, 0.25) is 0 Å². The van der Waals surface area contributed by atoms with E-state index >= 15 is 0 Å². The summed E-state index contributed by atoms with van der Waals surface area (Å²) in [5.41, 5.74) is -0.0491. The fraction of sp³-hybridized carbons (Fsp3) is 0.455. The van der Waals surface area contributed by atoms with Gasteiger partial charge in [-0.3, -0.25) is 4.79 Å². The fourth-order valence-corrected chi connectivity index (χ4v) is 1.88. The zero-order valence-electron chi connectivity index (χ0n) is 11.2. The summed E-state index contributed by atoms with van der Waals surface area (Å²) in [6.45, 7) is 2.43. The van der Waals surface area contributed by atoms with Crippen LogP contribution in [0.5, 0.6) is 0 Å². The highest BCUT2D eigenvalue weighted by Gasteiger charge is 2.11. The predicted octanol–water partition coefficient (Wildman–Crippen LogP) is 0.119. The van der Waals surface area contributed by atoms with Crippen LogP contribution in [0, 0.1) is 0 Å². The molecule has 0 aliphatic carbocycles. The minimum atomic E-state index is -1.11. The first-order chi connectivity index (χ1) is 9.43. The Balaban J connectivity index is 2.32. The summed E-state index contributed by atoms with van der Waals surface area (Å²) in [5.74, 6) is -1.30. The van der Waals surface area contributed by atoms with Crippen LogP contribution in [-0.2, 0) is 11.3 Å². The minimum absolute atomic E-state index is 0.0491. The van der Waals surface area contributed by atoms with Crippen molar-refractivity contribution in [3.63, 3.8) is 0 Å². The summed E-state index contributed by atoms with van der Waals surface area (Å²) >= 11 is 1.14. The van der Waals surface area contributed by atoms with E-state index in [9.17, 15) is 14.4 Å². The molecule has 20 heavy (non-hydrogen) atoms. The topological polar surface area (TPSA) is 112 Å². The molecular formula is C11H16N4O4S. The molecule has 0 bridgehead atoms. The Morgan fingerprint density at radius 1 is 1.40 bits per heavy atom. The van der Waals surface area contributed by atoms with Gasteiger partial charge in [0.2, 0.25) is 5.91 Å². The molecule has 0 atom stereocenters. The quantitative estimate of drug-likeness (QED) is 0.691. The van der Waals surface area contributed by atoms with Gasteiger partial charge < -0.3 is 20.6 Å². The smallest absolute Gasteiger partial charge is 0.355 e. The molecule has 110 valence electrons. The summed E-state index contributed by atoms with van der Waals surface area (Å²) in [5, 5.41) is 15.5. The van der Waals surface area contributed by atoms with Gasteiger partial charge in [0.15, 0.2) is 5.69 Å². The lowest BCUT2D eigenvalue weighted by molar-refractivity contribution is -0.128. The Morgan fingerprint density at radius 2 is 2.10 bits per heavy atom. The summed E-state index contributed by atoms with van der Waals surface area (Å²) in [4.78, 5) is 38.8. The minimum Gasteiger partial charge on any atom is -0.476 e. The Kier molecular flexibility index (Phi) is 5.91. The normalized spacial score (nSPS) is 9.90. The molecular weight excluding hydrogens is 284 g/mol. The molecule has 0 aromatic carbocycles. The van der Waals surface area contributed by atoms with Crippen LogP contribution >= 0.6 is 11.3 Å². The number of thiazole rings is 1. The highest BCUT2D eigenvalue weighted by molar-refractivity contribution is 7.09. The van der Waals surface area contributed by atoms with E-state index in [0.29, 0.717) is 11.6 Å². The molecule has 1 aromatic rings. The number of aromatic carboxylic acids is 1. The predicted molar refractivity (Wildman–Crippen MR) is 72.6 cm³/mol. The van der Waals surface area contributed by atoms with Crippen LogP contribution in [0.1, 0.15) is 22.4 Å². The van der Waals surface area contributed by atoms with E-state index in [1.165, 1.54) is 10.3 Å². The molecule has 0 spiro atoms. The molecule has 3 amide bonds. The van der Waals surface area contributed by atoms with E-state index in [0.717, 1.165) is 11.3 Å². The van der Waals surface area contributed by atoms with E-state index in [2.05, 4.69) is 15.6 Å². The fourth-order valence-electron chi connectivity index (χ4n) is 1.18. The molecule has 0 fully saturated rings. The SMILES string of the molecule is CCN(C)C(=O)CNC(=O)NCc1nc(C(=O)O)cs1. The average Bonchev–Trinajstić information content (AvgIpc) is 2.90. The monoisotopic (exact) mass is 300 g/mol. The number of carboxylic acids is 1. The first-order valence-electron chi connectivity index (χ1n) is 5.87. The largest absolute Gasteiger partial charge is 0.476 e. The number of aromatic nitrogens is 1. The van der Waals surface area contributed by atoms with Gasteiger partial charge >= 0.3 is 12.0 Å². The molecule has 8 nitrogen and oxygen atoms in total. The van der Waals surface area contributed by atoms with E-state index in [1.54, 1.807) is 7.05 Å². The first kappa shape index (κ1) is 15.9. The summed E-state index contributed by atoms with van der Waals surface area (Å²) < 4.78 is 0. The molecule has 1 aromatic heterocycles. The number of hydrogen-bond acceptors (Lipinski definition) is 5. The molecule has 0 saturated carbocycles. The first-order valence-corrected chi connectivity index (χ1v) is 6.75. The molecule has 0 unspecified atom stereocenters. The molecule has 1 rings (SSSR count). The van der Waals surface area contributed by atoms with Gasteiger partial charge in [-0.2, -0.15) is 0 Å². The van der Waals surface area contributed by atoms with Crippen LogP contribution in [0.3, 0.4) is 0 Å². The van der Waals surface area contributed by atoms with Gasteiger partial charge in [-0.05, 0) is 6.92 Å². The molecule has 0 saturated heterocycles. The highest BCUT2D eigenvalue weighted by Crippen LogP contribution is 2.09. The third kappa shape index (κ3) is 4.84. The van der Waals surface area contributed by atoms with Crippen molar-refractivity contribution in [1.29, 1.82) is 0 Å². The molecule has 0 radical (unpaired) electrons. The number of rotatable bonds is 6. The summed E-state index contributed by atoms with van der Waals surface area (Å²) in [7, 11) is 1.64. The van der Waals surface area contributed by atoms with E-state index in [-0.39, 0.29) is 24.7 Å². The van der Waals surface area contributed by atoms with Crippen LogP contribution in [0.15, 0.2) is 5.38 Å². The zero-order valence-corrected chi connectivity index (χ0v) is 12.0. The van der Waals surface area contributed by atoms with Crippen LogP contribution in [0.4, 0.5) is 4.79 Å². The van der Waals surface area contributed by atoms with Crippen molar-refractivity contribution in [1.82, 2.24) is 20.5 Å². The van der Waals surface area contributed by atoms with Gasteiger partial charge in [-0.15, -0.1) is 11.3 Å². The Labute approximate surface area is 119 Å². The van der Waals surface area contributed by atoms with Crippen molar-refractivity contribution in [2.75, 3.05) is 20.1 Å². The van der Waals surface area contributed by atoms with Crippen molar-refractivity contribution < 1.29 is 19.5 Å². The molecule has 3 N–H and O–H groups in total. The van der Waals surface area contributed by atoms with E-state index in [4.69, 9.17) is 5.11 Å². The van der Waals surface area contributed by atoms with E-state index in [1.807, 2.05) is 6.92 Å². The number of carbonyl (C=O) groups excluding carboxylic acids is 2. The lowest BCUT2D eigenvalue weighted by atomic mass is 10.5.